The number of alkyl halides is 3. The van der Waals surface area contributed by atoms with Crippen LogP contribution in [0, 0.1) is 0 Å². The Hall–Kier alpha value is -3.47. The Kier molecular flexibility index (Phi) is 6.18. The molecule has 1 saturated heterocycles. The van der Waals surface area contributed by atoms with Crippen LogP contribution in [-0.4, -0.2) is 61.3 Å². The summed E-state index contributed by atoms with van der Waals surface area (Å²) in [5.41, 5.74) is 1.78. The topological polar surface area (TPSA) is 76.5 Å². The van der Waals surface area contributed by atoms with Crippen LogP contribution in [0.25, 0.3) is 11.3 Å². The summed E-state index contributed by atoms with van der Waals surface area (Å²) in [5.74, 6) is 2.13. The quantitative estimate of drug-likeness (QED) is 0.562. The number of hydrogen-bond acceptors (Lipinski definition) is 7. The number of fused-ring (bicyclic) bond motifs is 1. The first-order valence-corrected chi connectivity index (χ1v) is 11.4. The number of hydrogen-bond donors (Lipinski definition) is 2. The van der Waals surface area contributed by atoms with Crippen molar-refractivity contribution in [2.75, 3.05) is 50.6 Å². The van der Waals surface area contributed by atoms with Gasteiger partial charge in [0.1, 0.15) is 11.6 Å². The van der Waals surface area contributed by atoms with Gasteiger partial charge in [-0.15, -0.1) is 0 Å². The van der Waals surface area contributed by atoms with E-state index in [2.05, 4.69) is 25.6 Å². The number of anilines is 2. The summed E-state index contributed by atoms with van der Waals surface area (Å²) >= 11 is 0. The lowest BCUT2D eigenvalue weighted by atomic mass is 9.96. The third kappa shape index (κ3) is 4.60. The Labute approximate surface area is 201 Å². The number of nitrogens with one attached hydrogen (secondary N) is 2. The number of aromatic nitrogens is 3. The number of benzene rings is 1. The van der Waals surface area contributed by atoms with Gasteiger partial charge in [0, 0.05) is 50.4 Å². The van der Waals surface area contributed by atoms with Crippen molar-refractivity contribution in [3.63, 3.8) is 0 Å². The molecule has 1 fully saturated rings. The summed E-state index contributed by atoms with van der Waals surface area (Å²) in [7, 11) is 3.01. The van der Waals surface area contributed by atoms with Crippen molar-refractivity contribution in [1.29, 1.82) is 0 Å². The largest absolute Gasteiger partial charge is 0.493 e. The van der Waals surface area contributed by atoms with Crippen molar-refractivity contribution in [3.05, 3.63) is 48.2 Å². The fraction of sp³-hybridized carbons (Fsp3) is 0.417. The molecule has 186 valence electrons. The van der Waals surface area contributed by atoms with E-state index in [1.807, 2.05) is 12.1 Å². The monoisotopic (exact) mass is 488 g/mol. The molecular formula is C24H27F3N6O2. The molecule has 0 unspecified atom stereocenters. The lowest BCUT2D eigenvalue weighted by Gasteiger charge is -2.33. The smallest absolute Gasteiger partial charge is 0.410 e. The molecule has 2 aliphatic rings. The third-order valence-electron chi connectivity index (χ3n) is 6.48. The van der Waals surface area contributed by atoms with Gasteiger partial charge >= 0.3 is 6.18 Å². The van der Waals surface area contributed by atoms with E-state index < -0.39 is 18.3 Å². The van der Waals surface area contributed by atoms with Crippen molar-refractivity contribution in [2.45, 2.75) is 24.7 Å². The first-order valence-electron chi connectivity index (χ1n) is 11.4. The summed E-state index contributed by atoms with van der Waals surface area (Å²) in [4.78, 5) is 6.71. The zero-order valence-electron chi connectivity index (χ0n) is 19.5. The second kappa shape index (κ2) is 9.29. The predicted molar refractivity (Wildman–Crippen MR) is 126 cm³/mol. The molecule has 35 heavy (non-hydrogen) atoms. The number of rotatable bonds is 5. The first-order chi connectivity index (χ1) is 16.9. The second-order valence-corrected chi connectivity index (χ2v) is 8.61. The minimum atomic E-state index is -4.46. The van der Waals surface area contributed by atoms with Crippen LogP contribution in [0.3, 0.4) is 0 Å². The van der Waals surface area contributed by atoms with E-state index in [0.29, 0.717) is 34.1 Å². The summed E-state index contributed by atoms with van der Waals surface area (Å²) in [6.45, 7) is 3.51. The van der Waals surface area contributed by atoms with E-state index in [1.165, 1.54) is 14.2 Å². The number of piperazine rings is 1. The molecule has 2 aromatic heterocycles. The second-order valence-electron chi connectivity index (χ2n) is 8.61. The average Bonchev–Trinajstić information content (AvgIpc) is 3.32. The Bertz CT molecular complexity index is 1170. The van der Waals surface area contributed by atoms with E-state index in [0.717, 1.165) is 36.7 Å². The number of methoxy groups -OCH3 is 2. The van der Waals surface area contributed by atoms with Crippen LogP contribution in [0.1, 0.15) is 24.1 Å². The highest BCUT2D eigenvalue weighted by Gasteiger charge is 2.46. The highest BCUT2D eigenvalue weighted by atomic mass is 19.4. The molecule has 0 amide bonds. The van der Waals surface area contributed by atoms with Gasteiger partial charge in [-0.3, -0.25) is 0 Å². The number of nitrogens with zero attached hydrogens (tertiary/aromatic N) is 4. The molecule has 2 aliphatic heterocycles. The van der Waals surface area contributed by atoms with Gasteiger partial charge in [0.25, 0.3) is 0 Å². The van der Waals surface area contributed by atoms with Crippen molar-refractivity contribution >= 4 is 11.6 Å². The Morgan fingerprint density at radius 2 is 1.77 bits per heavy atom. The van der Waals surface area contributed by atoms with Crippen molar-refractivity contribution in [1.82, 2.24) is 20.1 Å². The fourth-order valence-electron chi connectivity index (χ4n) is 4.62. The highest BCUT2D eigenvalue weighted by molar-refractivity contribution is 5.64. The third-order valence-corrected chi connectivity index (χ3v) is 6.48. The standard InChI is InChI=1S/C24H27F3N6O2/c1-34-19-5-3-15(11-20(19)35-2)17-12-21(24(25,26)27)33-23(30-17)13-18(31-33)16-4-6-22(29-14-16)32-9-7-28-8-10-32/h3-6,11,13-14,17,21,28,30H,7-10,12H2,1-2H3/t17-,21+/m1/s1. The van der Waals surface area contributed by atoms with Gasteiger partial charge in [-0.25, -0.2) is 9.67 Å². The Balaban J connectivity index is 1.45. The van der Waals surface area contributed by atoms with Crippen LogP contribution >= 0.6 is 0 Å². The lowest BCUT2D eigenvalue weighted by molar-refractivity contribution is -0.173. The molecule has 3 aromatic rings. The Morgan fingerprint density at radius 1 is 1.00 bits per heavy atom. The first kappa shape index (κ1) is 23.3. The van der Waals surface area contributed by atoms with Crippen LogP contribution in [0.5, 0.6) is 11.5 Å². The van der Waals surface area contributed by atoms with Crippen LogP contribution < -0.4 is 25.0 Å². The van der Waals surface area contributed by atoms with Gasteiger partial charge in [0.05, 0.1) is 26.0 Å². The zero-order valence-corrected chi connectivity index (χ0v) is 19.5. The molecule has 0 aliphatic carbocycles. The normalized spacial score (nSPS) is 20.2. The van der Waals surface area contributed by atoms with Gasteiger partial charge < -0.3 is 25.0 Å². The maximum absolute atomic E-state index is 14.1. The molecule has 2 N–H and O–H groups in total. The lowest BCUT2D eigenvalue weighted by Crippen LogP contribution is -2.43. The maximum atomic E-state index is 14.1. The molecule has 0 radical (unpaired) electrons. The molecule has 2 atom stereocenters. The van der Waals surface area contributed by atoms with Gasteiger partial charge in [-0.2, -0.15) is 18.3 Å². The van der Waals surface area contributed by atoms with Crippen LogP contribution in [0.4, 0.5) is 24.8 Å². The molecule has 1 aromatic carbocycles. The molecule has 8 nitrogen and oxygen atoms in total. The minimum Gasteiger partial charge on any atom is -0.493 e. The van der Waals surface area contributed by atoms with Gasteiger partial charge in [0.15, 0.2) is 17.5 Å². The summed E-state index contributed by atoms with van der Waals surface area (Å²) in [6, 6.07) is 8.20. The molecule has 11 heteroatoms. The number of ether oxygens (including phenoxy) is 2. The van der Waals surface area contributed by atoms with E-state index in [1.54, 1.807) is 30.5 Å². The maximum Gasteiger partial charge on any atom is 0.410 e. The van der Waals surface area contributed by atoms with Gasteiger partial charge in [-0.1, -0.05) is 6.07 Å². The number of pyridine rings is 1. The van der Waals surface area contributed by atoms with E-state index in [9.17, 15) is 13.2 Å². The van der Waals surface area contributed by atoms with Gasteiger partial charge in [-0.05, 0) is 29.8 Å². The highest BCUT2D eigenvalue weighted by Crippen LogP contribution is 2.45. The average molecular weight is 489 g/mol. The molecule has 4 heterocycles. The van der Waals surface area contributed by atoms with Crippen molar-refractivity contribution in [3.8, 4) is 22.8 Å². The zero-order chi connectivity index (χ0) is 24.6. The molecule has 0 bridgehead atoms. The van der Waals surface area contributed by atoms with Gasteiger partial charge in [0.2, 0.25) is 0 Å². The van der Waals surface area contributed by atoms with Crippen LogP contribution in [-0.2, 0) is 0 Å². The van der Waals surface area contributed by atoms with Crippen molar-refractivity contribution < 1.29 is 22.6 Å². The SMILES string of the molecule is COc1ccc([C@H]2C[C@@H](C(F)(F)F)n3nc(-c4ccc(N5CCNCC5)nc4)cc3N2)cc1OC. The minimum absolute atomic E-state index is 0.201. The number of halogens is 3. The van der Waals surface area contributed by atoms with Crippen LogP contribution in [0.15, 0.2) is 42.6 Å². The Morgan fingerprint density at radius 3 is 2.43 bits per heavy atom. The van der Waals surface area contributed by atoms with E-state index >= 15 is 0 Å². The fourth-order valence-corrected chi connectivity index (χ4v) is 4.62. The summed E-state index contributed by atoms with van der Waals surface area (Å²) in [6.07, 6.45) is -2.99. The van der Waals surface area contributed by atoms with E-state index in [-0.39, 0.29) is 6.42 Å². The van der Waals surface area contributed by atoms with E-state index in [4.69, 9.17) is 9.47 Å². The van der Waals surface area contributed by atoms with Crippen LogP contribution in [0.2, 0.25) is 0 Å². The predicted octanol–water partition coefficient (Wildman–Crippen LogP) is 4.03. The molecule has 5 rings (SSSR count). The molecule has 0 spiro atoms. The van der Waals surface area contributed by atoms with Crippen molar-refractivity contribution in [2.24, 2.45) is 0 Å². The molecular weight excluding hydrogens is 461 g/mol. The molecule has 0 saturated carbocycles. The summed E-state index contributed by atoms with van der Waals surface area (Å²) < 4.78 is 53.9. The summed E-state index contributed by atoms with van der Waals surface area (Å²) in [5, 5.41) is 10.9.